The van der Waals surface area contributed by atoms with Crippen molar-refractivity contribution in [2.24, 2.45) is 0 Å². The number of furan rings is 1. The first kappa shape index (κ1) is 30.9. The van der Waals surface area contributed by atoms with Crippen LogP contribution in [0, 0.1) is 6.92 Å². The van der Waals surface area contributed by atoms with Crippen molar-refractivity contribution >= 4 is 50.5 Å². The van der Waals surface area contributed by atoms with Gasteiger partial charge in [-0.1, -0.05) is 12.1 Å². The molecule has 0 spiro atoms. The second kappa shape index (κ2) is 13.4. The summed E-state index contributed by atoms with van der Waals surface area (Å²) in [6, 6.07) is 15.8. The summed E-state index contributed by atoms with van der Waals surface area (Å²) in [4.78, 5) is 44.0. The largest absolute Gasteiger partial charge is 0.456 e. The Morgan fingerprint density at radius 1 is 0.886 bits per heavy atom. The molecule has 1 aromatic heterocycles. The highest BCUT2D eigenvalue weighted by Gasteiger charge is 2.24. The molecule has 13 heteroatoms. The van der Waals surface area contributed by atoms with Gasteiger partial charge >= 0.3 is 0 Å². The Kier molecular flexibility index (Phi) is 9.43. The molecule has 3 aromatic rings. The third kappa shape index (κ3) is 7.70. The van der Waals surface area contributed by atoms with Crippen molar-refractivity contribution in [3.8, 4) is 0 Å². The van der Waals surface area contributed by atoms with Gasteiger partial charge in [0.15, 0.2) is 5.76 Å². The molecule has 0 unspecified atom stereocenters. The fraction of sp³-hybridized carbons (Fsp3) is 0.387. The zero-order chi connectivity index (χ0) is 31.3. The molecule has 2 aliphatic heterocycles. The SMILES string of the molecule is Cc1ccc(C(=O)Nc2cc(C(=O)NCCCN3CCCC3=O)ccc2N2CCN(c3ccccc3NS(C)(=O)=O)CC2)o1. The van der Waals surface area contributed by atoms with E-state index in [1.165, 1.54) is 0 Å². The van der Waals surface area contributed by atoms with Crippen LogP contribution < -0.4 is 25.2 Å². The third-order valence-electron chi connectivity index (χ3n) is 7.69. The maximum Gasteiger partial charge on any atom is 0.291 e. The average Bonchev–Trinajstić information content (AvgIpc) is 3.62. The summed E-state index contributed by atoms with van der Waals surface area (Å²) in [6.45, 7) is 5.97. The standard InChI is InChI=1S/C31H38N6O6S/c1-22-10-13-28(43-22)31(40)33-25-21-23(30(39)32-14-6-16-37-15-5-9-29(37)38)11-12-27(25)36-19-17-35(18-20-36)26-8-4-3-7-24(26)34-44(2,41)42/h3-4,7-8,10-13,21,34H,5-6,9,14-20H2,1-2H3,(H,32,39)(H,33,40). The number of carbonyl (C=O) groups is 3. The van der Waals surface area contributed by atoms with Crippen molar-refractivity contribution in [2.45, 2.75) is 26.2 Å². The summed E-state index contributed by atoms with van der Waals surface area (Å²) >= 11 is 0. The molecule has 0 saturated carbocycles. The van der Waals surface area contributed by atoms with E-state index < -0.39 is 15.9 Å². The van der Waals surface area contributed by atoms with Crippen LogP contribution in [-0.2, 0) is 14.8 Å². The molecule has 2 fully saturated rings. The average molecular weight is 623 g/mol. The van der Waals surface area contributed by atoms with E-state index in [0.717, 1.165) is 30.6 Å². The predicted molar refractivity (Wildman–Crippen MR) is 170 cm³/mol. The highest BCUT2D eigenvalue weighted by Crippen LogP contribution is 2.32. The van der Waals surface area contributed by atoms with Crippen LogP contribution in [0.5, 0.6) is 0 Å². The molecule has 5 rings (SSSR count). The molecule has 44 heavy (non-hydrogen) atoms. The normalized spacial score (nSPS) is 15.4. The maximum absolute atomic E-state index is 13.1. The minimum Gasteiger partial charge on any atom is -0.456 e. The lowest BCUT2D eigenvalue weighted by molar-refractivity contribution is -0.127. The summed E-state index contributed by atoms with van der Waals surface area (Å²) < 4.78 is 31.9. The summed E-state index contributed by atoms with van der Waals surface area (Å²) in [5.41, 5.74) is 2.95. The van der Waals surface area contributed by atoms with E-state index in [-0.39, 0.29) is 17.6 Å². The number of hydrogen-bond donors (Lipinski definition) is 3. The van der Waals surface area contributed by atoms with Gasteiger partial charge in [0.1, 0.15) is 5.76 Å². The Labute approximate surface area is 257 Å². The Morgan fingerprint density at radius 2 is 1.59 bits per heavy atom. The molecule has 2 aromatic carbocycles. The van der Waals surface area contributed by atoms with Crippen molar-refractivity contribution in [1.82, 2.24) is 10.2 Å². The Hall–Kier alpha value is -4.52. The zero-order valence-electron chi connectivity index (χ0n) is 25.0. The van der Waals surface area contributed by atoms with Crippen LogP contribution in [0.1, 0.15) is 45.9 Å². The van der Waals surface area contributed by atoms with E-state index in [1.807, 2.05) is 23.1 Å². The number of likely N-dealkylation sites (tertiary alicyclic amines) is 1. The number of nitrogens with one attached hydrogen (secondary N) is 3. The van der Waals surface area contributed by atoms with Gasteiger partial charge in [0.25, 0.3) is 11.8 Å². The zero-order valence-corrected chi connectivity index (χ0v) is 25.8. The molecule has 3 heterocycles. The van der Waals surface area contributed by atoms with Crippen LogP contribution in [0.15, 0.2) is 59.0 Å². The van der Waals surface area contributed by atoms with Crippen molar-refractivity contribution in [1.29, 1.82) is 0 Å². The fourth-order valence-corrected chi connectivity index (χ4v) is 6.10. The predicted octanol–water partition coefficient (Wildman–Crippen LogP) is 3.28. The first-order chi connectivity index (χ1) is 21.1. The first-order valence-corrected chi connectivity index (χ1v) is 16.6. The molecular formula is C31H38N6O6S. The van der Waals surface area contributed by atoms with Gasteiger partial charge in [-0.2, -0.15) is 0 Å². The molecule has 0 bridgehead atoms. The lowest BCUT2D eigenvalue weighted by Crippen LogP contribution is -2.47. The molecule has 12 nitrogen and oxygen atoms in total. The Balaban J connectivity index is 1.29. The highest BCUT2D eigenvalue weighted by atomic mass is 32.2. The van der Waals surface area contributed by atoms with Gasteiger partial charge in [-0.3, -0.25) is 19.1 Å². The van der Waals surface area contributed by atoms with E-state index in [2.05, 4.69) is 25.2 Å². The summed E-state index contributed by atoms with van der Waals surface area (Å²) in [5.74, 6) is 0.246. The number of amides is 3. The number of benzene rings is 2. The van der Waals surface area contributed by atoms with Crippen LogP contribution in [0.25, 0.3) is 0 Å². The number of hydrogen-bond acceptors (Lipinski definition) is 8. The third-order valence-corrected chi connectivity index (χ3v) is 8.28. The minimum absolute atomic E-state index is 0.162. The van der Waals surface area contributed by atoms with E-state index in [4.69, 9.17) is 4.42 Å². The molecule has 234 valence electrons. The van der Waals surface area contributed by atoms with E-state index in [0.29, 0.717) is 74.8 Å². The number of carbonyl (C=O) groups excluding carboxylic acids is 3. The Bertz CT molecular complexity index is 1630. The molecule has 2 saturated heterocycles. The van der Waals surface area contributed by atoms with Crippen LogP contribution in [0.3, 0.4) is 0 Å². The summed E-state index contributed by atoms with van der Waals surface area (Å²) in [5, 5.41) is 5.85. The van der Waals surface area contributed by atoms with Gasteiger partial charge in [0.05, 0.1) is 29.0 Å². The minimum atomic E-state index is -3.44. The second-order valence-electron chi connectivity index (χ2n) is 11.1. The topological polar surface area (TPSA) is 144 Å². The Morgan fingerprint density at radius 3 is 2.23 bits per heavy atom. The summed E-state index contributed by atoms with van der Waals surface area (Å²) in [7, 11) is -3.44. The second-order valence-corrected chi connectivity index (χ2v) is 12.8. The van der Waals surface area contributed by atoms with Crippen LogP contribution in [0.2, 0.25) is 0 Å². The number of anilines is 4. The number of sulfonamides is 1. The van der Waals surface area contributed by atoms with E-state index in [1.54, 1.807) is 43.3 Å². The van der Waals surface area contributed by atoms with E-state index in [9.17, 15) is 22.8 Å². The van der Waals surface area contributed by atoms with Gasteiger partial charge in [-0.05, 0) is 62.2 Å². The van der Waals surface area contributed by atoms with E-state index >= 15 is 0 Å². The molecule has 2 aliphatic rings. The monoisotopic (exact) mass is 622 g/mol. The lowest BCUT2D eigenvalue weighted by atomic mass is 10.1. The number of piperazine rings is 1. The highest BCUT2D eigenvalue weighted by molar-refractivity contribution is 7.92. The fourth-order valence-electron chi connectivity index (χ4n) is 5.53. The molecule has 3 N–H and O–H groups in total. The molecule has 0 atom stereocenters. The van der Waals surface area contributed by atoms with Gasteiger partial charge in [0.2, 0.25) is 15.9 Å². The number of para-hydroxylation sites is 2. The summed E-state index contributed by atoms with van der Waals surface area (Å²) in [6.07, 6.45) is 3.26. The molecule has 0 aliphatic carbocycles. The van der Waals surface area contributed by atoms with Crippen LogP contribution in [-0.4, -0.2) is 83.1 Å². The first-order valence-electron chi connectivity index (χ1n) is 14.7. The number of aryl methyl sites for hydroxylation is 1. The van der Waals surface area contributed by atoms with Gasteiger partial charge in [0, 0.05) is 57.8 Å². The van der Waals surface area contributed by atoms with Gasteiger partial charge in [-0.25, -0.2) is 8.42 Å². The molecule has 0 radical (unpaired) electrons. The molecule has 3 amide bonds. The lowest BCUT2D eigenvalue weighted by Gasteiger charge is -2.38. The number of rotatable bonds is 11. The van der Waals surface area contributed by atoms with Crippen molar-refractivity contribution in [3.05, 3.63) is 71.7 Å². The van der Waals surface area contributed by atoms with Crippen molar-refractivity contribution in [2.75, 3.05) is 71.9 Å². The molecular weight excluding hydrogens is 584 g/mol. The van der Waals surface area contributed by atoms with Crippen molar-refractivity contribution in [3.63, 3.8) is 0 Å². The smallest absolute Gasteiger partial charge is 0.291 e. The van der Waals surface area contributed by atoms with Gasteiger partial charge in [-0.15, -0.1) is 0 Å². The van der Waals surface area contributed by atoms with Gasteiger partial charge < -0.3 is 29.8 Å². The maximum atomic E-state index is 13.1. The van der Waals surface area contributed by atoms with Crippen LogP contribution >= 0.6 is 0 Å². The quantitative estimate of drug-likeness (QED) is 0.277. The van der Waals surface area contributed by atoms with Crippen LogP contribution in [0.4, 0.5) is 22.7 Å². The number of nitrogens with zero attached hydrogens (tertiary/aromatic N) is 3. The van der Waals surface area contributed by atoms with Crippen molar-refractivity contribution < 1.29 is 27.2 Å².